The standard InChI is InChI=1S/C24H24N2O2/c1-2-26(18-20-11-7-4-8-12-20)24(28)21-13-15-22(16-14-21)25-23(27)17-19-9-5-3-6-10-19/h3-16H,2,17-18H2,1H3,(H,25,27). The van der Waals surface area contributed by atoms with Crippen molar-refractivity contribution < 1.29 is 9.59 Å². The van der Waals surface area contributed by atoms with Crippen LogP contribution in [0.4, 0.5) is 5.69 Å². The van der Waals surface area contributed by atoms with Gasteiger partial charge in [0.25, 0.3) is 5.91 Å². The van der Waals surface area contributed by atoms with E-state index in [9.17, 15) is 9.59 Å². The SMILES string of the molecule is CCN(Cc1ccccc1)C(=O)c1ccc(NC(=O)Cc2ccccc2)cc1. The summed E-state index contributed by atoms with van der Waals surface area (Å²) in [6.45, 7) is 3.17. The molecule has 3 aromatic carbocycles. The molecule has 28 heavy (non-hydrogen) atoms. The van der Waals surface area contributed by atoms with Crippen molar-refractivity contribution in [3.8, 4) is 0 Å². The molecule has 0 saturated heterocycles. The zero-order chi connectivity index (χ0) is 19.8. The van der Waals surface area contributed by atoms with Crippen molar-refractivity contribution >= 4 is 17.5 Å². The van der Waals surface area contributed by atoms with Crippen LogP contribution < -0.4 is 5.32 Å². The highest BCUT2D eigenvalue weighted by Crippen LogP contribution is 2.14. The Bertz CT molecular complexity index is 906. The average Bonchev–Trinajstić information content (AvgIpc) is 2.73. The summed E-state index contributed by atoms with van der Waals surface area (Å²) < 4.78 is 0. The third-order valence-electron chi connectivity index (χ3n) is 4.51. The van der Waals surface area contributed by atoms with Gasteiger partial charge < -0.3 is 10.2 Å². The Morgan fingerprint density at radius 2 is 1.36 bits per heavy atom. The van der Waals surface area contributed by atoms with Crippen LogP contribution in [0.15, 0.2) is 84.9 Å². The van der Waals surface area contributed by atoms with Crippen molar-refractivity contribution in [1.29, 1.82) is 0 Å². The number of hydrogen-bond acceptors (Lipinski definition) is 2. The van der Waals surface area contributed by atoms with Crippen LogP contribution in [-0.2, 0) is 17.8 Å². The van der Waals surface area contributed by atoms with Gasteiger partial charge in [0, 0.05) is 24.3 Å². The summed E-state index contributed by atoms with van der Waals surface area (Å²) in [5.41, 5.74) is 3.36. The minimum atomic E-state index is -0.0791. The second-order valence-electron chi connectivity index (χ2n) is 6.59. The van der Waals surface area contributed by atoms with Crippen LogP contribution in [0.2, 0.25) is 0 Å². The third-order valence-corrected chi connectivity index (χ3v) is 4.51. The first-order valence-corrected chi connectivity index (χ1v) is 9.42. The normalized spacial score (nSPS) is 10.3. The van der Waals surface area contributed by atoms with Gasteiger partial charge in [-0.3, -0.25) is 9.59 Å². The number of benzene rings is 3. The van der Waals surface area contributed by atoms with E-state index < -0.39 is 0 Å². The predicted molar refractivity (Wildman–Crippen MR) is 112 cm³/mol. The fourth-order valence-electron chi connectivity index (χ4n) is 3.00. The number of amides is 2. The number of carbonyl (C=O) groups is 2. The van der Waals surface area contributed by atoms with E-state index in [0.717, 1.165) is 11.1 Å². The van der Waals surface area contributed by atoms with E-state index in [1.54, 1.807) is 29.2 Å². The number of anilines is 1. The van der Waals surface area contributed by atoms with Crippen molar-refractivity contribution in [2.24, 2.45) is 0 Å². The highest BCUT2D eigenvalue weighted by Gasteiger charge is 2.14. The lowest BCUT2D eigenvalue weighted by Gasteiger charge is -2.21. The molecule has 0 bridgehead atoms. The van der Waals surface area contributed by atoms with Crippen LogP contribution >= 0.6 is 0 Å². The monoisotopic (exact) mass is 372 g/mol. The maximum absolute atomic E-state index is 12.8. The molecule has 0 aromatic heterocycles. The lowest BCUT2D eigenvalue weighted by atomic mass is 10.1. The third kappa shape index (κ3) is 5.30. The summed E-state index contributed by atoms with van der Waals surface area (Å²) in [4.78, 5) is 26.8. The number of nitrogens with one attached hydrogen (secondary N) is 1. The number of hydrogen-bond donors (Lipinski definition) is 1. The average molecular weight is 372 g/mol. The Kier molecular flexibility index (Phi) is 6.58. The van der Waals surface area contributed by atoms with Crippen LogP contribution in [0.5, 0.6) is 0 Å². The summed E-state index contributed by atoms with van der Waals surface area (Å²) in [6, 6.07) is 26.6. The van der Waals surface area contributed by atoms with E-state index >= 15 is 0 Å². The van der Waals surface area contributed by atoms with Gasteiger partial charge in [-0.25, -0.2) is 0 Å². The highest BCUT2D eigenvalue weighted by molar-refractivity contribution is 5.96. The fourth-order valence-corrected chi connectivity index (χ4v) is 3.00. The Balaban J connectivity index is 1.61. The molecule has 0 heterocycles. The van der Waals surface area contributed by atoms with Gasteiger partial charge in [-0.2, -0.15) is 0 Å². The molecular weight excluding hydrogens is 348 g/mol. The van der Waals surface area contributed by atoms with Crippen molar-refractivity contribution in [2.45, 2.75) is 19.9 Å². The van der Waals surface area contributed by atoms with Gasteiger partial charge >= 0.3 is 0 Å². The topological polar surface area (TPSA) is 49.4 Å². The maximum atomic E-state index is 12.8. The summed E-state index contributed by atoms with van der Waals surface area (Å²) in [7, 11) is 0. The molecule has 0 aliphatic heterocycles. The fraction of sp³-hybridized carbons (Fsp3) is 0.167. The molecule has 4 nitrogen and oxygen atoms in total. The van der Waals surface area contributed by atoms with E-state index in [-0.39, 0.29) is 11.8 Å². The minimum Gasteiger partial charge on any atom is -0.335 e. The highest BCUT2D eigenvalue weighted by atomic mass is 16.2. The van der Waals surface area contributed by atoms with Crippen LogP contribution in [0.3, 0.4) is 0 Å². The Morgan fingerprint density at radius 1 is 0.786 bits per heavy atom. The van der Waals surface area contributed by atoms with E-state index in [2.05, 4.69) is 5.32 Å². The van der Waals surface area contributed by atoms with Crippen LogP contribution in [-0.4, -0.2) is 23.3 Å². The summed E-state index contributed by atoms with van der Waals surface area (Å²) in [5, 5.41) is 2.88. The maximum Gasteiger partial charge on any atom is 0.254 e. The van der Waals surface area contributed by atoms with E-state index in [1.165, 1.54) is 0 Å². The number of nitrogens with zero attached hydrogens (tertiary/aromatic N) is 1. The largest absolute Gasteiger partial charge is 0.335 e. The lowest BCUT2D eigenvalue weighted by molar-refractivity contribution is -0.115. The molecule has 0 atom stereocenters. The van der Waals surface area contributed by atoms with Gasteiger partial charge in [0.15, 0.2) is 0 Å². The molecule has 0 fully saturated rings. The smallest absolute Gasteiger partial charge is 0.254 e. The van der Waals surface area contributed by atoms with Gasteiger partial charge in [0.2, 0.25) is 5.91 Å². The predicted octanol–water partition coefficient (Wildman–Crippen LogP) is 4.53. The zero-order valence-corrected chi connectivity index (χ0v) is 16.0. The van der Waals surface area contributed by atoms with Gasteiger partial charge in [-0.15, -0.1) is 0 Å². The molecule has 0 aliphatic rings. The summed E-state index contributed by atoms with van der Waals surface area (Å²) in [5.74, 6) is -0.0990. The number of carbonyl (C=O) groups excluding carboxylic acids is 2. The van der Waals surface area contributed by atoms with E-state index in [1.807, 2.05) is 67.6 Å². The van der Waals surface area contributed by atoms with Crippen molar-refractivity contribution in [1.82, 2.24) is 4.90 Å². The Hall–Kier alpha value is -3.40. The van der Waals surface area contributed by atoms with Gasteiger partial charge in [0.1, 0.15) is 0 Å². The van der Waals surface area contributed by atoms with E-state index in [0.29, 0.717) is 30.8 Å². The second kappa shape index (κ2) is 9.51. The van der Waals surface area contributed by atoms with E-state index in [4.69, 9.17) is 0 Å². The van der Waals surface area contributed by atoms with Crippen molar-refractivity contribution in [3.05, 3.63) is 102 Å². The quantitative estimate of drug-likeness (QED) is 0.662. The Labute approximate surface area is 165 Å². The van der Waals surface area contributed by atoms with Gasteiger partial charge in [-0.05, 0) is 42.3 Å². The zero-order valence-electron chi connectivity index (χ0n) is 16.0. The lowest BCUT2D eigenvalue weighted by Crippen LogP contribution is -2.30. The second-order valence-corrected chi connectivity index (χ2v) is 6.59. The first-order valence-electron chi connectivity index (χ1n) is 9.42. The molecule has 0 aliphatic carbocycles. The van der Waals surface area contributed by atoms with Crippen LogP contribution in [0.1, 0.15) is 28.4 Å². The van der Waals surface area contributed by atoms with Crippen molar-refractivity contribution in [2.75, 3.05) is 11.9 Å². The summed E-state index contributed by atoms with van der Waals surface area (Å²) >= 11 is 0. The minimum absolute atomic E-state index is 0.0199. The van der Waals surface area contributed by atoms with Crippen LogP contribution in [0, 0.1) is 0 Å². The molecular formula is C24H24N2O2. The molecule has 3 rings (SSSR count). The first kappa shape index (κ1) is 19.4. The molecule has 0 radical (unpaired) electrons. The Morgan fingerprint density at radius 3 is 1.93 bits per heavy atom. The van der Waals surface area contributed by atoms with Crippen LogP contribution in [0.25, 0.3) is 0 Å². The molecule has 1 N–H and O–H groups in total. The molecule has 3 aromatic rings. The summed E-state index contributed by atoms with van der Waals surface area (Å²) in [6.07, 6.45) is 0.322. The van der Waals surface area contributed by atoms with Crippen molar-refractivity contribution in [3.63, 3.8) is 0 Å². The van der Waals surface area contributed by atoms with Gasteiger partial charge in [-0.1, -0.05) is 60.7 Å². The van der Waals surface area contributed by atoms with Gasteiger partial charge in [0.05, 0.1) is 6.42 Å². The number of rotatable bonds is 7. The molecule has 142 valence electrons. The molecule has 4 heteroatoms. The molecule has 0 saturated carbocycles. The molecule has 2 amide bonds. The first-order chi connectivity index (χ1) is 13.7. The molecule has 0 unspecified atom stereocenters. The molecule has 0 spiro atoms.